The van der Waals surface area contributed by atoms with Crippen molar-refractivity contribution < 1.29 is 28.9 Å². The molecule has 0 fully saturated rings. The van der Waals surface area contributed by atoms with Crippen molar-refractivity contribution in [3.63, 3.8) is 0 Å². The number of aryl methyl sites for hydroxylation is 1. The van der Waals surface area contributed by atoms with E-state index < -0.39 is 12.1 Å². The van der Waals surface area contributed by atoms with Gasteiger partial charge in [0.05, 0.1) is 5.56 Å². The summed E-state index contributed by atoms with van der Waals surface area (Å²) in [6.45, 7) is 1.03. The van der Waals surface area contributed by atoms with Crippen LogP contribution in [0.2, 0.25) is 0 Å². The predicted octanol–water partition coefficient (Wildman–Crippen LogP) is 3.91. The molecule has 0 saturated carbocycles. The SMILES string of the molecule is O=C(O)c1ccccc1-c1ccc2c(c1)CC[C@H](CNCC(O)COc1ccc(F)cc1)O2. The lowest BCUT2D eigenvalue weighted by atomic mass is 9.94. The number of carbonyl (C=O) groups is 1. The molecule has 7 heteroatoms. The third-order valence-corrected chi connectivity index (χ3v) is 5.57. The molecule has 0 radical (unpaired) electrons. The average molecular weight is 451 g/mol. The lowest BCUT2D eigenvalue weighted by Gasteiger charge is -2.27. The molecule has 4 rings (SSSR count). The minimum atomic E-state index is -0.948. The van der Waals surface area contributed by atoms with Crippen LogP contribution in [0.4, 0.5) is 4.39 Å². The Morgan fingerprint density at radius 2 is 1.94 bits per heavy atom. The summed E-state index contributed by atoms with van der Waals surface area (Å²) in [7, 11) is 0. The molecule has 1 aliphatic heterocycles. The maximum absolute atomic E-state index is 12.9. The zero-order chi connectivity index (χ0) is 23.2. The Balaban J connectivity index is 1.27. The second kappa shape index (κ2) is 10.5. The van der Waals surface area contributed by atoms with Gasteiger partial charge >= 0.3 is 5.97 Å². The van der Waals surface area contributed by atoms with Gasteiger partial charge in [-0.2, -0.15) is 0 Å². The van der Waals surface area contributed by atoms with Crippen molar-refractivity contribution in [2.45, 2.75) is 25.0 Å². The number of rotatable bonds is 9. The quantitative estimate of drug-likeness (QED) is 0.457. The Kier molecular flexibility index (Phi) is 7.22. The Bertz CT molecular complexity index is 1100. The van der Waals surface area contributed by atoms with Gasteiger partial charge in [-0.3, -0.25) is 0 Å². The zero-order valence-electron chi connectivity index (χ0n) is 18.0. The molecule has 1 aliphatic rings. The molecule has 0 amide bonds. The molecular weight excluding hydrogens is 425 g/mol. The number of aliphatic hydroxyl groups excluding tert-OH is 1. The summed E-state index contributed by atoms with van der Waals surface area (Å²) in [5.74, 6) is 0.0219. The molecule has 0 aliphatic carbocycles. The monoisotopic (exact) mass is 451 g/mol. The van der Waals surface area contributed by atoms with Gasteiger partial charge in [0.15, 0.2) is 0 Å². The van der Waals surface area contributed by atoms with Crippen LogP contribution in [-0.2, 0) is 6.42 Å². The number of aromatic carboxylic acids is 1. The Hall–Kier alpha value is -3.42. The van der Waals surface area contributed by atoms with E-state index in [0.717, 1.165) is 29.7 Å². The fourth-order valence-electron chi connectivity index (χ4n) is 3.87. The number of hydrogen-bond donors (Lipinski definition) is 3. The molecule has 0 spiro atoms. The lowest BCUT2D eigenvalue weighted by molar-refractivity contribution is 0.0697. The van der Waals surface area contributed by atoms with Crippen LogP contribution in [0.1, 0.15) is 22.3 Å². The molecule has 0 saturated heterocycles. The van der Waals surface area contributed by atoms with Crippen molar-refractivity contribution in [1.29, 1.82) is 0 Å². The number of aliphatic hydroxyl groups is 1. The van der Waals surface area contributed by atoms with Crippen LogP contribution in [-0.4, -0.2) is 48.1 Å². The first-order chi connectivity index (χ1) is 16.0. The summed E-state index contributed by atoms with van der Waals surface area (Å²) in [6.07, 6.45) is 0.898. The van der Waals surface area contributed by atoms with Gasteiger partial charge in [0, 0.05) is 13.1 Å². The lowest BCUT2D eigenvalue weighted by Crippen LogP contribution is -2.39. The van der Waals surface area contributed by atoms with Gasteiger partial charge in [0.25, 0.3) is 0 Å². The zero-order valence-corrected chi connectivity index (χ0v) is 18.0. The number of ether oxygens (including phenoxy) is 2. The van der Waals surface area contributed by atoms with Crippen molar-refractivity contribution in [3.8, 4) is 22.6 Å². The van der Waals surface area contributed by atoms with E-state index in [-0.39, 0.29) is 24.1 Å². The minimum Gasteiger partial charge on any atom is -0.491 e. The first-order valence-electron chi connectivity index (χ1n) is 10.9. The van der Waals surface area contributed by atoms with Gasteiger partial charge in [-0.15, -0.1) is 0 Å². The Morgan fingerprint density at radius 1 is 1.15 bits per heavy atom. The van der Waals surface area contributed by atoms with Crippen LogP contribution in [0.15, 0.2) is 66.7 Å². The molecule has 3 aromatic carbocycles. The molecule has 172 valence electrons. The summed E-state index contributed by atoms with van der Waals surface area (Å²) in [5.41, 5.74) is 2.87. The van der Waals surface area contributed by atoms with Crippen LogP contribution in [0, 0.1) is 5.82 Å². The molecule has 3 aromatic rings. The van der Waals surface area contributed by atoms with Crippen molar-refractivity contribution in [1.82, 2.24) is 5.32 Å². The average Bonchev–Trinajstić information content (AvgIpc) is 2.83. The topological polar surface area (TPSA) is 88.0 Å². The van der Waals surface area contributed by atoms with Crippen LogP contribution in [0.3, 0.4) is 0 Å². The number of fused-ring (bicyclic) bond motifs is 1. The van der Waals surface area contributed by atoms with Crippen molar-refractivity contribution in [2.75, 3.05) is 19.7 Å². The van der Waals surface area contributed by atoms with Crippen LogP contribution >= 0.6 is 0 Å². The highest BCUT2D eigenvalue weighted by Crippen LogP contribution is 2.33. The molecule has 33 heavy (non-hydrogen) atoms. The van der Waals surface area contributed by atoms with E-state index in [1.54, 1.807) is 12.1 Å². The van der Waals surface area contributed by atoms with E-state index in [4.69, 9.17) is 9.47 Å². The number of benzene rings is 3. The maximum Gasteiger partial charge on any atom is 0.336 e. The van der Waals surface area contributed by atoms with Crippen LogP contribution in [0.25, 0.3) is 11.1 Å². The Morgan fingerprint density at radius 3 is 2.73 bits per heavy atom. The number of halogens is 1. The first-order valence-corrected chi connectivity index (χ1v) is 10.9. The van der Waals surface area contributed by atoms with Crippen molar-refractivity contribution in [2.24, 2.45) is 0 Å². The highest BCUT2D eigenvalue weighted by Gasteiger charge is 2.21. The van der Waals surface area contributed by atoms with E-state index in [1.165, 1.54) is 24.3 Å². The van der Waals surface area contributed by atoms with Gasteiger partial charge in [-0.05, 0) is 72.0 Å². The van der Waals surface area contributed by atoms with Crippen molar-refractivity contribution >= 4 is 5.97 Å². The molecular formula is C26H26FNO5. The summed E-state index contributed by atoms with van der Waals surface area (Å²) in [6, 6.07) is 18.4. The molecule has 3 N–H and O–H groups in total. The first kappa shape index (κ1) is 22.8. The third-order valence-electron chi connectivity index (χ3n) is 5.57. The molecule has 1 unspecified atom stereocenters. The van der Waals surface area contributed by atoms with Crippen LogP contribution in [0.5, 0.6) is 11.5 Å². The fourth-order valence-corrected chi connectivity index (χ4v) is 3.87. The molecule has 0 bridgehead atoms. The van der Waals surface area contributed by atoms with Crippen molar-refractivity contribution in [3.05, 3.63) is 83.7 Å². The summed E-state index contributed by atoms with van der Waals surface area (Å²) < 4.78 is 24.5. The Labute approximate surface area is 191 Å². The molecule has 2 atom stereocenters. The second-order valence-electron chi connectivity index (χ2n) is 8.03. The van der Waals surface area contributed by atoms with E-state index in [1.807, 2.05) is 30.3 Å². The number of carboxylic acid groups (broad SMARTS) is 1. The molecule has 6 nitrogen and oxygen atoms in total. The molecule has 0 aromatic heterocycles. The van der Waals surface area contributed by atoms with E-state index in [0.29, 0.717) is 24.4 Å². The highest BCUT2D eigenvalue weighted by atomic mass is 19.1. The smallest absolute Gasteiger partial charge is 0.336 e. The van der Waals surface area contributed by atoms with Gasteiger partial charge in [0.1, 0.15) is 36.1 Å². The summed E-state index contributed by atoms with van der Waals surface area (Å²) in [5, 5.41) is 22.8. The summed E-state index contributed by atoms with van der Waals surface area (Å²) >= 11 is 0. The fraction of sp³-hybridized carbons (Fsp3) is 0.269. The minimum absolute atomic E-state index is 0.0279. The van der Waals surface area contributed by atoms with E-state index >= 15 is 0 Å². The highest BCUT2D eigenvalue weighted by molar-refractivity contribution is 5.96. The standard InChI is InChI=1S/C26H26FNO5/c27-19-7-10-21(11-8-19)32-16-20(29)14-28-15-22-9-5-18-13-17(6-12-25(18)33-22)23-3-1-2-4-24(23)26(30)31/h1-4,6-8,10-13,20,22,28-29H,5,9,14-16H2,(H,30,31)/t20?,22-/m1/s1. The largest absolute Gasteiger partial charge is 0.491 e. The maximum atomic E-state index is 12.9. The second-order valence-corrected chi connectivity index (χ2v) is 8.03. The van der Waals surface area contributed by atoms with Gasteiger partial charge in [-0.1, -0.05) is 24.3 Å². The van der Waals surface area contributed by atoms with E-state index in [2.05, 4.69) is 5.32 Å². The van der Waals surface area contributed by atoms with Gasteiger partial charge < -0.3 is 25.0 Å². The number of hydrogen-bond acceptors (Lipinski definition) is 5. The van der Waals surface area contributed by atoms with E-state index in [9.17, 15) is 19.4 Å². The number of carboxylic acids is 1. The summed E-state index contributed by atoms with van der Waals surface area (Å²) in [4.78, 5) is 11.5. The normalized spacial score (nSPS) is 15.9. The van der Waals surface area contributed by atoms with Gasteiger partial charge in [-0.25, -0.2) is 9.18 Å². The molecule has 1 heterocycles. The third kappa shape index (κ3) is 5.88. The predicted molar refractivity (Wildman–Crippen MR) is 122 cm³/mol. The van der Waals surface area contributed by atoms with Crippen LogP contribution < -0.4 is 14.8 Å². The van der Waals surface area contributed by atoms with Gasteiger partial charge in [0.2, 0.25) is 0 Å². The number of nitrogens with one attached hydrogen (secondary N) is 1.